The number of carbonyl (C=O) groups is 1. The molecular weight excluding hydrogens is 332 g/mol. The molecule has 1 amide bonds. The van der Waals surface area contributed by atoms with E-state index in [4.69, 9.17) is 10.2 Å². The molecule has 0 aliphatic carbocycles. The van der Waals surface area contributed by atoms with Gasteiger partial charge in [0.2, 0.25) is 5.91 Å². The molecule has 0 spiro atoms. The third kappa shape index (κ3) is 3.28. The number of rotatable bonds is 3. The number of nitrogens with zero attached hydrogens (tertiary/aromatic N) is 1. The first-order valence-electron chi connectivity index (χ1n) is 8.14. The summed E-state index contributed by atoms with van der Waals surface area (Å²) in [5.41, 5.74) is 8.55. The van der Waals surface area contributed by atoms with Crippen molar-refractivity contribution in [2.45, 2.75) is 23.1 Å². The van der Waals surface area contributed by atoms with Crippen molar-refractivity contribution in [3.63, 3.8) is 0 Å². The maximum absolute atomic E-state index is 13.0. The summed E-state index contributed by atoms with van der Waals surface area (Å²) in [7, 11) is 0. The van der Waals surface area contributed by atoms with Gasteiger partial charge in [-0.25, -0.2) is 0 Å². The molecule has 1 aliphatic heterocycles. The van der Waals surface area contributed by atoms with Gasteiger partial charge in [0.1, 0.15) is 5.76 Å². The zero-order valence-electron chi connectivity index (χ0n) is 13.6. The Hall–Kier alpha value is -2.66. The van der Waals surface area contributed by atoms with Crippen LogP contribution in [0, 0.1) is 0 Å². The zero-order valence-corrected chi connectivity index (χ0v) is 14.4. The summed E-state index contributed by atoms with van der Waals surface area (Å²) >= 11 is 1.68. The Morgan fingerprint density at radius 3 is 2.80 bits per heavy atom. The van der Waals surface area contributed by atoms with Gasteiger partial charge in [-0.2, -0.15) is 0 Å². The number of furan rings is 1. The van der Waals surface area contributed by atoms with E-state index in [-0.39, 0.29) is 11.2 Å². The second-order valence-electron chi connectivity index (χ2n) is 6.02. The van der Waals surface area contributed by atoms with Crippen LogP contribution >= 0.6 is 11.8 Å². The summed E-state index contributed by atoms with van der Waals surface area (Å²) in [5, 5.41) is -0.0190. The Morgan fingerprint density at radius 1 is 1.12 bits per heavy atom. The highest BCUT2D eigenvalue weighted by Gasteiger charge is 2.30. The lowest BCUT2D eigenvalue weighted by molar-refractivity contribution is -0.118. The number of benzene rings is 2. The van der Waals surface area contributed by atoms with E-state index in [1.165, 1.54) is 0 Å². The minimum Gasteiger partial charge on any atom is -0.468 e. The minimum absolute atomic E-state index is 0.0190. The quantitative estimate of drug-likeness (QED) is 0.700. The van der Waals surface area contributed by atoms with E-state index in [1.807, 2.05) is 59.5 Å². The molecule has 2 heterocycles. The molecule has 25 heavy (non-hydrogen) atoms. The van der Waals surface area contributed by atoms with Crippen LogP contribution in [0.2, 0.25) is 0 Å². The van der Waals surface area contributed by atoms with Crippen LogP contribution in [0.3, 0.4) is 0 Å². The summed E-state index contributed by atoms with van der Waals surface area (Å²) < 4.78 is 5.55. The summed E-state index contributed by atoms with van der Waals surface area (Å²) in [4.78, 5) is 15.9. The lowest BCUT2D eigenvalue weighted by Gasteiger charge is -2.23. The average molecular weight is 350 g/mol. The first kappa shape index (κ1) is 15.8. The van der Waals surface area contributed by atoms with Crippen molar-refractivity contribution < 1.29 is 9.21 Å². The number of nitrogen functional groups attached to an aromatic ring is 1. The van der Waals surface area contributed by atoms with E-state index in [0.29, 0.717) is 18.7 Å². The standard InChI is InChI=1S/C20H18N2O2S/c21-15-6-3-5-14(11-15)13-22-16-7-1-2-9-18(16)25-19(12-20(22)23)17-8-4-10-24-17/h1-11,19H,12-13,21H2. The zero-order chi connectivity index (χ0) is 17.2. The Balaban J connectivity index is 1.71. The van der Waals surface area contributed by atoms with E-state index < -0.39 is 0 Å². The summed E-state index contributed by atoms with van der Waals surface area (Å²) in [6.45, 7) is 0.506. The van der Waals surface area contributed by atoms with E-state index in [9.17, 15) is 4.79 Å². The molecule has 0 saturated carbocycles. The molecule has 2 N–H and O–H groups in total. The van der Waals surface area contributed by atoms with Gasteiger partial charge in [-0.05, 0) is 42.0 Å². The van der Waals surface area contributed by atoms with Gasteiger partial charge in [0, 0.05) is 17.0 Å². The fourth-order valence-electron chi connectivity index (χ4n) is 3.06. The van der Waals surface area contributed by atoms with Crippen molar-refractivity contribution in [2.24, 2.45) is 0 Å². The van der Waals surface area contributed by atoms with Crippen LogP contribution in [0.4, 0.5) is 11.4 Å². The van der Waals surface area contributed by atoms with E-state index in [1.54, 1.807) is 18.0 Å². The number of amides is 1. The number of carbonyl (C=O) groups excluding carboxylic acids is 1. The molecule has 5 heteroatoms. The van der Waals surface area contributed by atoms with Crippen LogP contribution < -0.4 is 10.6 Å². The molecule has 1 aromatic heterocycles. The van der Waals surface area contributed by atoms with Crippen molar-refractivity contribution in [1.29, 1.82) is 0 Å². The number of hydrogen-bond donors (Lipinski definition) is 1. The van der Waals surface area contributed by atoms with Gasteiger partial charge < -0.3 is 15.1 Å². The predicted octanol–water partition coefficient (Wildman–Crippen LogP) is 4.63. The SMILES string of the molecule is Nc1cccc(CN2C(=O)CC(c3ccco3)Sc3ccccc32)c1. The van der Waals surface area contributed by atoms with E-state index >= 15 is 0 Å². The second kappa shape index (κ2) is 6.69. The second-order valence-corrected chi connectivity index (χ2v) is 7.26. The minimum atomic E-state index is -0.0190. The summed E-state index contributed by atoms with van der Waals surface area (Å²) in [6.07, 6.45) is 2.05. The topological polar surface area (TPSA) is 59.5 Å². The fourth-order valence-corrected chi connectivity index (χ4v) is 4.30. The van der Waals surface area contributed by atoms with E-state index in [2.05, 4.69) is 6.07 Å². The summed E-state index contributed by atoms with van der Waals surface area (Å²) in [5.74, 6) is 0.917. The molecule has 1 aliphatic rings. The van der Waals surface area contributed by atoms with Crippen molar-refractivity contribution in [2.75, 3.05) is 10.6 Å². The molecular formula is C20H18N2O2S. The van der Waals surface area contributed by atoms with Crippen LogP contribution in [0.5, 0.6) is 0 Å². The third-order valence-corrected chi connectivity index (χ3v) is 5.52. The van der Waals surface area contributed by atoms with Crippen molar-refractivity contribution in [1.82, 2.24) is 0 Å². The number of para-hydroxylation sites is 1. The maximum atomic E-state index is 13.0. The smallest absolute Gasteiger partial charge is 0.228 e. The number of hydrogen-bond acceptors (Lipinski definition) is 4. The largest absolute Gasteiger partial charge is 0.468 e. The number of fused-ring (bicyclic) bond motifs is 1. The van der Waals surface area contributed by atoms with Crippen molar-refractivity contribution in [3.8, 4) is 0 Å². The van der Waals surface area contributed by atoms with Gasteiger partial charge in [-0.3, -0.25) is 4.79 Å². The number of thioether (sulfide) groups is 1. The van der Waals surface area contributed by atoms with E-state index in [0.717, 1.165) is 21.9 Å². The van der Waals surface area contributed by atoms with Crippen LogP contribution in [0.15, 0.2) is 76.2 Å². The highest BCUT2D eigenvalue weighted by molar-refractivity contribution is 7.99. The molecule has 4 nitrogen and oxygen atoms in total. The maximum Gasteiger partial charge on any atom is 0.228 e. The van der Waals surface area contributed by atoms with Gasteiger partial charge in [0.15, 0.2) is 0 Å². The van der Waals surface area contributed by atoms with Gasteiger partial charge in [0.05, 0.1) is 23.7 Å². The first-order chi connectivity index (χ1) is 12.2. The molecule has 4 rings (SSSR count). The first-order valence-corrected chi connectivity index (χ1v) is 9.02. The highest BCUT2D eigenvalue weighted by atomic mass is 32.2. The normalized spacial score (nSPS) is 17.2. The summed E-state index contributed by atoms with van der Waals surface area (Å²) in [6, 6.07) is 19.5. The Kier molecular flexibility index (Phi) is 4.24. The molecule has 1 unspecified atom stereocenters. The highest BCUT2D eigenvalue weighted by Crippen LogP contribution is 2.45. The molecule has 0 saturated heterocycles. The van der Waals surface area contributed by atoms with Crippen LogP contribution in [-0.4, -0.2) is 5.91 Å². The van der Waals surface area contributed by atoms with Gasteiger partial charge in [0.25, 0.3) is 0 Å². The monoisotopic (exact) mass is 350 g/mol. The molecule has 0 bridgehead atoms. The Morgan fingerprint density at radius 2 is 2.00 bits per heavy atom. The molecule has 126 valence electrons. The Bertz CT molecular complexity index is 892. The lowest BCUT2D eigenvalue weighted by Crippen LogP contribution is -2.30. The van der Waals surface area contributed by atoms with Crippen molar-refractivity contribution in [3.05, 3.63) is 78.3 Å². The third-order valence-electron chi connectivity index (χ3n) is 4.24. The predicted molar refractivity (Wildman–Crippen MR) is 100 cm³/mol. The number of anilines is 2. The number of nitrogens with two attached hydrogens (primary N) is 1. The van der Waals surface area contributed by atoms with Crippen LogP contribution in [-0.2, 0) is 11.3 Å². The molecule has 3 aromatic rings. The fraction of sp³-hybridized carbons (Fsp3) is 0.150. The molecule has 0 radical (unpaired) electrons. The molecule has 2 aromatic carbocycles. The van der Waals surface area contributed by atoms with Gasteiger partial charge in [-0.1, -0.05) is 24.3 Å². The average Bonchev–Trinajstić information content (AvgIpc) is 3.10. The van der Waals surface area contributed by atoms with Crippen molar-refractivity contribution >= 4 is 29.0 Å². The molecule has 1 atom stereocenters. The Labute approximate surface area is 150 Å². The van der Waals surface area contributed by atoms with Crippen LogP contribution in [0.25, 0.3) is 0 Å². The molecule has 0 fully saturated rings. The van der Waals surface area contributed by atoms with Gasteiger partial charge >= 0.3 is 0 Å². The van der Waals surface area contributed by atoms with Gasteiger partial charge in [-0.15, -0.1) is 11.8 Å². The lowest BCUT2D eigenvalue weighted by atomic mass is 10.1. The van der Waals surface area contributed by atoms with Crippen LogP contribution in [0.1, 0.15) is 23.0 Å².